The summed E-state index contributed by atoms with van der Waals surface area (Å²) in [6.45, 7) is 0. The summed E-state index contributed by atoms with van der Waals surface area (Å²) in [5, 5.41) is 10.2. The van der Waals surface area contributed by atoms with Crippen molar-refractivity contribution in [1.29, 1.82) is 0 Å². The molecule has 2 N–H and O–H groups in total. The summed E-state index contributed by atoms with van der Waals surface area (Å²) < 4.78 is 0. The van der Waals surface area contributed by atoms with E-state index < -0.39 is 0 Å². The van der Waals surface area contributed by atoms with Gasteiger partial charge in [0, 0.05) is 11.1 Å². The van der Waals surface area contributed by atoms with Gasteiger partial charge in [0.15, 0.2) is 0 Å². The molecular formula is C20H13N. The second kappa shape index (κ2) is 3.64. The van der Waals surface area contributed by atoms with Crippen molar-refractivity contribution in [2.24, 2.45) is 0 Å². The first-order chi connectivity index (χ1) is 10.3. The molecule has 0 unspecified atom stereocenters. The fourth-order valence-electron chi connectivity index (χ4n) is 3.58. The van der Waals surface area contributed by atoms with Crippen LogP contribution in [0.5, 0.6) is 0 Å². The highest BCUT2D eigenvalue weighted by Gasteiger charge is 2.11. The van der Waals surface area contributed by atoms with E-state index in [0.717, 1.165) is 11.1 Å². The highest BCUT2D eigenvalue weighted by Crippen LogP contribution is 2.39. The lowest BCUT2D eigenvalue weighted by Gasteiger charge is -2.14. The number of hydrogen-bond donors (Lipinski definition) is 1. The van der Waals surface area contributed by atoms with Gasteiger partial charge in [-0.15, -0.1) is 0 Å². The van der Waals surface area contributed by atoms with E-state index in [2.05, 4.69) is 60.7 Å². The Morgan fingerprint density at radius 3 is 2.19 bits per heavy atom. The van der Waals surface area contributed by atoms with Gasteiger partial charge in [-0.1, -0.05) is 54.6 Å². The molecule has 0 aliphatic carbocycles. The van der Waals surface area contributed by atoms with Crippen LogP contribution in [-0.2, 0) is 0 Å². The molecule has 1 nitrogen and oxygen atoms in total. The van der Waals surface area contributed by atoms with E-state index in [4.69, 9.17) is 5.73 Å². The number of fused-ring (bicyclic) bond motifs is 2. The molecule has 5 aromatic carbocycles. The van der Waals surface area contributed by atoms with Crippen molar-refractivity contribution in [3.05, 3.63) is 66.7 Å². The van der Waals surface area contributed by atoms with E-state index in [9.17, 15) is 0 Å². The van der Waals surface area contributed by atoms with Gasteiger partial charge in [-0.3, -0.25) is 0 Å². The summed E-state index contributed by atoms with van der Waals surface area (Å²) >= 11 is 0. The largest absolute Gasteiger partial charge is 0.398 e. The zero-order valence-corrected chi connectivity index (χ0v) is 11.4. The number of anilines is 1. The highest BCUT2D eigenvalue weighted by atomic mass is 14.5. The summed E-state index contributed by atoms with van der Waals surface area (Å²) in [6, 6.07) is 23.7. The number of nitrogen functional groups attached to an aromatic ring is 1. The van der Waals surface area contributed by atoms with Crippen molar-refractivity contribution >= 4 is 48.8 Å². The number of rotatable bonds is 0. The molecule has 21 heavy (non-hydrogen) atoms. The fourth-order valence-corrected chi connectivity index (χ4v) is 3.58. The van der Waals surface area contributed by atoms with Crippen molar-refractivity contribution in [3.63, 3.8) is 0 Å². The van der Waals surface area contributed by atoms with Gasteiger partial charge in [-0.25, -0.2) is 0 Å². The van der Waals surface area contributed by atoms with Crippen LogP contribution in [0, 0.1) is 0 Å². The highest BCUT2D eigenvalue weighted by molar-refractivity contribution is 6.30. The molecule has 0 amide bonds. The molecule has 0 aromatic heterocycles. The van der Waals surface area contributed by atoms with Gasteiger partial charge in [0.2, 0.25) is 0 Å². The molecule has 1 heteroatoms. The number of benzene rings is 5. The molecule has 0 bridgehead atoms. The Morgan fingerprint density at radius 1 is 0.524 bits per heavy atom. The predicted molar refractivity (Wildman–Crippen MR) is 92.1 cm³/mol. The van der Waals surface area contributed by atoms with E-state index in [0.29, 0.717) is 0 Å². The molecular weight excluding hydrogens is 254 g/mol. The van der Waals surface area contributed by atoms with Crippen molar-refractivity contribution < 1.29 is 0 Å². The molecule has 5 aromatic rings. The van der Waals surface area contributed by atoms with Crippen molar-refractivity contribution in [3.8, 4) is 0 Å². The third-order valence-electron chi connectivity index (χ3n) is 4.54. The monoisotopic (exact) mass is 267 g/mol. The van der Waals surface area contributed by atoms with E-state index in [1.807, 2.05) is 6.07 Å². The van der Waals surface area contributed by atoms with Crippen LogP contribution in [0.1, 0.15) is 0 Å². The van der Waals surface area contributed by atoms with Crippen LogP contribution in [0.4, 0.5) is 5.69 Å². The van der Waals surface area contributed by atoms with Crippen molar-refractivity contribution in [2.45, 2.75) is 0 Å². The molecule has 0 saturated carbocycles. The minimum Gasteiger partial charge on any atom is -0.398 e. The maximum atomic E-state index is 6.18. The third kappa shape index (κ3) is 1.30. The van der Waals surface area contributed by atoms with Gasteiger partial charge >= 0.3 is 0 Å². The first-order valence-corrected chi connectivity index (χ1v) is 7.18. The molecule has 98 valence electrons. The zero-order chi connectivity index (χ0) is 14.0. The van der Waals surface area contributed by atoms with E-state index in [-0.39, 0.29) is 0 Å². The first kappa shape index (κ1) is 10.9. The van der Waals surface area contributed by atoms with Crippen LogP contribution in [0.25, 0.3) is 43.1 Å². The lowest BCUT2D eigenvalue weighted by molar-refractivity contribution is 1.77. The van der Waals surface area contributed by atoms with Gasteiger partial charge in [0.25, 0.3) is 0 Å². The smallest absolute Gasteiger partial charge is 0.0394 e. The van der Waals surface area contributed by atoms with Crippen LogP contribution >= 0.6 is 0 Å². The summed E-state index contributed by atoms with van der Waals surface area (Å²) in [5.41, 5.74) is 7.03. The molecule has 0 aliphatic heterocycles. The molecule has 0 heterocycles. The summed E-state index contributed by atoms with van der Waals surface area (Å²) in [7, 11) is 0. The van der Waals surface area contributed by atoms with Gasteiger partial charge < -0.3 is 5.73 Å². The molecule has 5 rings (SSSR count). The number of hydrogen-bond acceptors (Lipinski definition) is 1. The van der Waals surface area contributed by atoms with Crippen LogP contribution in [0.2, 0.25) is 0 Å². The normalized spacial score (nSPS) is 12.0. The second-order valence-corrected chi connectivity index (χ2v) is 5.67. The van der Waals surface area contributed by atoms with Crippen LogP contribution in [-0.4, -0.2) is 0 Å². The Balaban J connectivity index is 2.21. The minimum atomic E-state index is 0.852. The Kier molecular flexibility index (Phi) is 1.90. The Morgan fingerprint density at radius 2 is 1.24 bits per heavy atom. The first-order valence-electron chi connectivity index (χ1n) is 7.18. The molecule has 0 atom stereocenters. The Bertz CT molecular complexity index is 1140. The molecule has 0 fully saturated rings. The quantitative estimate of drug-likeness (QED) is 0.229. The third-order valence-corrected chi connectivity index (χ3v) is 4.54. The van der Waals surface area contributed by atoms with E-state index >= 15 is 0 Å². The van der Waals surface area contributed by atoms with Gasteiger partial charge in [0.05, 0.1) is 0 Å². The van der Waals surface area contributed by atoms with E-state index in [1.54, 1.807) is 0 Å². The standard InChI is InChI=1S/C20H13N/c21-18-10-7-12-5-6-14-11-13-3-1-2-4-15(13)16-8-9-17(18)19(12)20(14)16/h1-11H,21H2. The van der Waals surface area contributed by atoms with Crippen LogP contribution < -0.4 is 5.73 Å². The number of nitrogens with two attached hydrogens (primary N) is 1. The molecule has 0 aliphatic rings. The SMILES string of the molecule is Nc1ccc2ccc3cc4ccccc4c4ccc1c2c34. The van der Waals surface area contributed by atoms with Crippen molar-refractivity contribution in [1.82, 2.24) is 0 Å². The summed E-state index contributed by atoms with van der Waals surface area (Å²) in [5.74, 6) is 0. The topological polar surface area (TPSA) is 26.0 Å². The minimum absolute atomic E-state index is 0.852. The Hall–Kier alpha value is -2.80. The average molecular weight is 267 g/mol. The molecule has 0 saturated heterocycles. The molecule has 0 radical (unpaired) electrons. The lowest BCUT2D eigenvalue weighted by Crippen LogP contribution is -1.90. The lowest BCUT2D eigenvalue weighted by atomic mass is 9.90. The van der Waals surface area contributed by atoms with Gasteiger partial charge in [-0.05, 0) is 49.8 Å². The van der Waals surface area contributed by atoms with Crippen LogP contribution in [0.3, 0.4) is 0 Å². The second-order valence-electron chi connectivity index (χ2n) is 5.67. The predicted octanol–water partition coefficient (Wildman–Crippen LogP) is 5.32. The van der Waals surface area contributed by atoms with Crippen molar-refractivity contribution in [2.75, 3.05) is 5.73 Å². The van der Waals surface area contributed by atoms with Gasteiger partial charge in [-0.2, -0.15) is 0 Å². The zero-order valence-electron chi connectivity index (χ0n) is 11.4. The summed E-state index contributed by atoms with van der Waals surface area (Å²) in [4.78, 5) is 0. The molecule has 0 spiro atoms. The van der Waals surface area contributed by atoms with Gasteiger partial charge in [0.1, 0.15) is 0 Å². The Labute approximate surface area is 121 Å². The average Bonchev–Trinajstić information content (AvgIpc) is 2.54. The van der Waals surface area contributed by atoms with E-state index in [1.165, 1.54) is 37.7 Å². The van der Waals surface area contributed by atoms with Crippen LogP contribution in [0.15, 0.2) is 66.7 Å². The maximum Gasteiger partial charge on any atom is 0.0394 e. The summed E-state index contributed by atoms with van der Waals surface area (Å²) in [6.07, 6.45) is 0. The maximum absolute atomic E-state index is 6.18. The fraction of sp³-hybridized carbons (Fsp3) is 0.